The van der Waals surface area contributed by atoms with Gasteiger partial charge in [-0.25, -0.2) is 0 Å². The quantitative estimate of drug-likeness (QED) is 0.509. The number of nitrogens with two attached hydrogens (primary N) is 1. The number of nitrogen functional groups attached to an aromatic ring is 1. The molecule has 0 saturated carbocycles. The smallest absolute Gasteiger partial charge is 0.384 e. The summed E-state index contributed by atoms with van der Waals surface area (Å²) in [5, 5.41) is 7.11. The van der Waals surface area contributed by atoms with E-state index in [0.717, 1.165) is 17.0 Å². The minimum atomic E-state index is -4.81. The Labute approximate surface area is 116 Å². The van der Waals surface area contributed by atoms with Gasteiger partial charge in [-0.1, -0.05) is 0 Å². The highest BCUT2D eigenvalue weighted by Gasteiger charge is 2.36. The first-order valence-electron chi connectivity index (χ1n) is 5.83. The van der Waals surface area contributed by atoms with Gasteiger partial charge in [-0.15, -0.1) is 0 Å². The molecule has 9 heteroatoms. The van der Waals surface area contributed by atoms with Crippen LogP contribution in [0.25, 0.3) is 0 Å². The van der Waals surface area contributed by atoms with Crippen molar-refractivity contribution in [2.45, 2.75) is 19.3 Å². The molecule has 0 amide bonds. The molecule has 0 bridgehead atoms. The predicted molar refractivity (Wildman–Crippen MR) is 66.4 cm³/mol. The maximum absolute atomic E-state index is 12.9. The van der Waals surface area contributed by atoms with Crippen LogP contribution in [0.1, 0.15) is 18.1 Å². The van der Waals surface area contributed by atoms with E-state index in [4.69, 9.17) is 11.1 Å². The summed E-state index contributed by atoms with van der Waals surface area (Å²) in [6.45, 7) is -0.0751. The van der Waals surface area contributed by atoms with Crippen molar-refractivity contribution in [2.24, 2.45) is 5.73 Å². The molecule has 3 nitrogen and oxygen atoms in total. The van der Waals surface area contributed by atoms with E-state index in [-0.39, 0.29) is 12.2 Å². The summed E-state index contributed by atoms with van der Waals surface area (Å²) in [5.74, 6) is -0.798. The van der Waals surface area contributed by atoms with Gasteiger partial charge in [0.25, 0.3) is 0 Å². The lowest BCUT2D eigenvalue weighted by atomic mass is 10.0. The second-order valence-corrected chi connectivity index (χ2v) is 4.27. The van der Waals surface area contributed by atoms with Gasteiger partial charge in [0.2, 0.25) is 0 Å². The Kier molecular flexibility index (Phi) is 4.75. The van der Waals surface area contributed by atoms with Crippen molar-refractivity contribution in [2.75, 3.05) is 18.0 Å². The fourth-order valence-corrected chi connectivity index (χ4v) is 1.80. The monoisotopic (exact) mass is 313 g/mol. The maximum atomic E-state index is 12.9. The topological polar surface area (TPSA) is 53.1 Å². The third kappa shape index (κ3) is 4.54. The zero-order chi connectivity index (χ0) is 16.4. The molecule has 0 heterocycles. The lowest BCUT2D eigenvalue weighted by Crippen LogP contribution is -2.34. The van der Waals surface area contributed by atoms with E-state index in [9.17, 15) is 26.3 Å². The number of nitrogens with one attached hydrogen (secondary N) is 1. The summed E-state index contributed by atoms with van der Waals surface area (Å²) in [4.78, 5) is 0.763. The van der Waals surface area contributed by atoms with Gasteiger partial charge in [-0.3, -0.25) is 5.41 Å². The number of amidine groups is 1. The largest absolute Gasteiger partial charge is 0.417 e. The molecule has 1 aromatic rings. The van der Waals surface area contributed by atoms with Crippen molar-refractivity contribution in [3.05, 3.63) is 29.3 Å². The highest BCUT2D eigenvalue weighted by atomic mass is 19.4. The molecular weight excluding hydrogens is 300 g/mol. The molecule has 1 aromatic carbocycles. The number of rotatable bonds is 4. The van der Waals surface area contributed by atoms with Crippen LogP contribution in [0, 0.1) is 5.41 Å². The van der Waals surface area contributed by atoms with Crippen molar-refractivity contribution in [1.29, 1.82) is 5.41 Å². The Hall–Kier alpha value is -1.93. The van der Waals surface area contributed by atoms with Crippen molar-refractivity contribution in [1.82, 2.24) is 0 Å². The molecule has 0 fully saturated rings. The van der Waals surface area contributed by atoms with Gasteiger partial charge < -0.3 is 10.6 Å². The third-order valence-electron chi connectivity index (χ3n) is 2.72. The van der Waals surface area contributed by atoms with Crippen LogP contribution in [-0.4, -0.2) is 25.1 Å². The van der Waals surface area contributed by atoms with Gasteiger partial charge in [0.1, 0.15) is 12.4 Å². The average Bonchev–Trinajstić information content (AvgIpc) is 2.33. The van der Waals surface area contributed by atoms with Crippen LogP contribution in [0.5, 0.6) is 0 Å². The molecule has 0 spiro atoms. The fourth-order valence-electron chi connectivity index (χ4n) is 1.80. The predicted octanol–water partition coefficient (Wildman–Crippen LogP) is 3.38. The molecular formula is C12H13F6N3. The number of halogens is 6. The summed E-state index contributed by atoms with van der Waals surface area (Å²) in [6.07, 6.45) is -9.34. The summed E-state index contributed by atoms with van der Waals surface area (Å²) in [7, 11) is 0. The average molecular weight is 313 g/mol. The lowest BCUT2D eigenvalue weighted by molar-refractivity contribution is -0.137. The van der Waals surface area contributed by atoms with Crippen LogP contribution in [0.3, 0.4) is 0 Å². The van der Waals surface area contributed by atoms with Gasteiger partial charge in [0.15, 0.2) is 0 Å². The molecule has 0 aliphatic heterocycles. The Morgan fingerprint density at radius 3 is 2.14 bits per heavy atom. The number of anilines is 1. The molecule has 21 heavy (non-hydrogen) atoms. The van der Waals surface area contributed by atoms with E-state index in [2.05, 4.69) is 0 Å². The second-order valence-electron chi connectivity index (χ2n) is 4.27. The van der Waals surface area contributed by atoms with Crippen LogP contribution in [-0.2, 0) is 6.18 Å². The summed E-state index contributed by atoms with van der Waals surface area (Å²) < 4.78 is 75.9. The van der Waals surface area contributed by atoms with E-state index < -0.39 is 35.9 Å². The molecule has 0 unspecified atom stereocenters. The molecule has 0 aliphatic rings. The standard InChI is InChI=1S/C12H13F6N3/c1-2-21(6-11(13,14)15)7-3-4-8(10(19)20)9(5-7)12(16,17)18/h3-5H,2,6H2,1H3,(H3,19,20). The van der Waals surface area contributed by atoms with E-state index in [1.54, 1.807) is 0 Å². The Bertz CT molecular complexity index is 521. The Balaban J connectivity index is 3.30. The molecule has 0 saturated heterocycles. The maximum Gasteiger partial charge on any atom is 0.417 e. The van der Waals surface area contributed by atoms with Gasteiger partial charge in [-0.2, -0.15) is 26.3 Å². The van der Waals surface area contributed by atoms with E-state index in [0.29, 0.717) is 6.07 Å². The Morgan fingerprint density at radius 2 is 1.76 bits per heavy atom. The molecule has 3 N–H and O–H groups in total. The summed E-state index contributed by atoms with van der Waals surface area (Å²) in [5.41, 5.74) is 3.04. The number of alkyl halides is 6. The lowest BCUT2D eigenvalue weighted by Gasteiger charge is -2.25. The van der Waals surface area contributed by atoms with Crippen molar-refractivity contribution >= 4 is 11.5 Å². The zero-order valence-electron chi connectivity index (χ0n) is 10.9. The summed E-state index contributed by atoms with van der Waals surface area (Å²) in [6, 6.07) is 2.56. The second kappa shape index (κ2) is 5.82. The van der Waals surface area contributed by atoms with Crippen LogP contribution >= 0.6 is 0 Å². The molecule has 0 atom stereocenters. The zero-order valence-corrected chi connectivity index (χ0v) is 10.9. The first-order valence-corrected chi connectivity index (χ1v) is 5.83. The number of hydrogen-bond acceptors (Lipinski definition) is 2. The van der Waals surface area contributed by atoms with Crippen LogP contribution < -0.4 is 10.6 Å². The normalized spacial score (nSPS) is 12.3. The minimum absolute atomic E-state index is 0.115. The number of benzene rings is 1. The highest BCUT2D eigenvalue weighted by Crippen LogP contribution is 2.35. The SMILES string of the molecule is CCN(CC(F)(F)F)c1ccc(C(=N)N)c(C(F)(F)F)c1. The van der Waals surface area contributed by atoms with E-state index >= 15 is 0 Å². The molecule has 0 radical (unpaired) electrons. The van der Waals surface area contributed by atoms with Crippen molar-refractivity contribution in [3.63, 3.8) is 0 Å². The van der Waals surface area contributed by atoms with Gasteiger partial charge in [-0.05, 0) is 25.1 Å². The van der Waals surface area contributed by atoms with Crippen LogP contribution in [0.2, 0.25) is 0 Å². The number of hydrogen-bond donors (Lipinski definition) is 2. The van der Waals surface area contributed by atoms with E-state index in [1.807, 2.05) is 0 Å². The van der Waals surface area contributed by atoms with Gasteiger partial charge in [0, 0.05) is 17.8 Å². The van der Waals surface area contributed by atoms with Crippen molar-refractivity contribution in [3.8, 4) is 0 Å². The first kappa shape index (κ1) is 17.1. The molecule has 1 rings (SSSR count). The molecule has 0 aliphatic carbocycles. The van der Waals surface area contributed by atoms with Gasteiger partial charge in [0.05, 0.1) is 5.56 Å². The first-order chi connectivity index (χ1) is 9.45. The Morgan fingerprint density at radius 1 is 1.19 bits per heavy atom. The van der Waals surface area contributed by atoms with Crippen molar-refractivity contribution < 1.29 is 26.3 Å². The van der Waals surface area contributed by atoms with Gasteiger partial charge >= 0.3 is 12.4 Å². The summed E-state index contributed by atoms with van der Waals surface area (Å²) >= 11 is 0. The highest BCUT2D eigenvalue weighted by molar-refractivity contribution is 5.97. The molecule has 0 aromatic heterocycles. The fraction of sp³-hybridized carbons (Fsp3) is 0.417. The number of nitrogens with zero attached hydrogens (tertiary/aromatic N) is 1. The molecule has 118 valence electrons. The third-order valence-corrected chi connectivity index (χ3v) is 2.72. The minimum Gasteiger partial charge on any atom is -0.384 e. The van der Waals surface area contributed by atoms with E-state index in [1.165, 1.54) is 6.92 Å². The van der Waals surface area contributed by atoms with Crippen LogP contribution in [0.4, 0.5) is 32.0 Å². The van der Waals surface area contributed by atoms with Crippen LogP contribution in [0.15, 0.2) is 18.2 Å².